The van der Waals surface area contributed by atoms with Gasteiger partial charge in [0.25, 0.3) is 0 Å². The number of hydrogen-bond donors (Lipinski definition) is 1. The summed E-state index contributed by atoms with van der Waals surface area (Å²) < 4.78 is 0. The fourth-order valence-corrected chi connectivity index (χ4v) is 5.21. The molecule has 0 unspecified atom stereocenters. The van der Waals surface area contributed by atoms with Crippen LogP contribution >= 0.6 is 11.6 Å². The summed E-state index contributed by atoms with van der Waals surface area (Å²) in [5.41, 5.74) is 7.49. The van der Waals surface area contributed by atoms with Crippen LogP contribution in [-0.2, 0) is 6.54 Å². The highest BCUT2D eigenvalue weighted by atomic mass is 35.5. The van der Waals surface area contributed by atoms with Crippen LogP contribution in [0.4, 0.5) is 0 Å². The summed E-state index contributed by atoms with van der Waals surface area (Å²) in [4.78, 5) is 16.6. The van der Waals surface area contributed by atoms with Gasteiger partial charge in [-0.3, -0.25) is 9.69 Å². The van der Waals surface area contributed by atoms with Gasteiger partial charge in [0, 0.05) is 12.6 Å². The molecule has 142 valence electrons. The van der Waals surface area contributed by atoms with Crippen LogP contribution in [0.2, 0.25) is 5.02 Å². The van der Waals surface area contributed by atoms with Gasteiger partial charge in [0.2, 0.25) is 5.91 Å². The minimum atomic E-state index is -0.463. The standard InChI is InChI=1S/C21H30ClN3O/c22-19-14-16(4-5-18(19)20(23)26)15-24-10-6-21(7-11-24)8-12-25(13-9-21)17-2-1-3-17/h4-5,14,17H,1-3,6-13,15H2,(H2,23,26). The molecule has 3 fully saturated rings. The topological polar surface area (TPSA) is 49.6 Å². The molecule has 1 aromatic rings. The Morgan fingerprint density at radius 1 is 1.12 bits per heavy atom. The third-order valence-electron chi connectivity index (χ3n) is 7.07. The highest BCUT2D eigenvalue weighted by Crippen LogP contribution is 2.43. The van der Waals surface area contributed by atoms with Gasteiger partial charge in [-0.15, -0.1) is 0 Å². The highest BCUT2D eigenvalue weighted by molar-refractivity contribution is 6.33. The molecule has 0 bridgehead atoms. The molecule has 2 heterocycles. The first kappa shape index (κ1) is 18.3. The van der Waals surface area contributed by atoms with Crippen molar-refractivity contribution in [2.24, 2.45) is 11.1 Å². The largest absolute Gasteiger partial charge is 0.366 e. The molecular weight excluding hydrogens is 346 g/mol. The summed E-state index contributed by atoms with van der Waals surface area (Å²) in [5.74, 6) is -0.463. The van der Waals surface area contributed by atoms with Crippen molar-refractivity contribution in [3.8, 4) is 0 Å². The molecule has 2 N–H and O–H groups in total. The van der Waals surface area contributed by atoms with Gasteiger partial charge in [-0.25, -0.2) is 0 Å². The maximum Gasteiger partial charge on any atom is 0.250 e. The van der Waals surface area contributed by atoms with Crippen LogP contribution in [0.25, 0.3) is 0 Å². The normalized spacial score (nSPS) is 24.5. The number of carbonyl (C=O) groups excluding carboxylic acids is 1. The minimum absolute atomic E-state index is 0.409. The lowest BCUT2D eigenvalue weighted by Crippen LogP contribution is -2.50. The van der Waals surface area contributed by atoms with E-state index >= 15 is 0 Å². The number of rotatable bonds is 4. The SMILES string of the molecule is NC(=O)c1ccc(CN2CCC3(CC2)CCN(C2CCC2)CC3)cc1Cl. The second-order valence-electron chi connectivity index (χ2n) is 8.58. The lowest BCUT2D eigenvalue weighted by Gasteiger charge is -2.50. The first-order valence-corrected chi connectivity index (χ1v) is 10.5. The number of hydrogen-bond acceptors (Lipinski definition) is 3. The molecule has 26 heavy (non-hydrogen) atoms. The summed E-state index contributed by atoms with van der Waals surface area (Å²) in [6.45, 7) is 5.87. The van der Waals surface area contributed by atoms with Gasteiger partial charge in [-0.1, -0.05) is 24.1 Å². The Balaban J connectivity index is 1.29. The second kappa shape index (κ2) is 7.49. The summed E-state index contributed by atoms with van der Waals surface area (Å²) in [6.07, 6.45) is 9.70. The smallest absolute Gasteiger partial charge is 0.250 e. The number of nitrogens with zero attached hydrogens (tertiary/aromatic N) is 2. The molecular formula is C21H30ClN3O. The number of primary amides is 1. The van der Waals surface area contributed by atoms with Crippen molar-refractivity contribution in [3.63, 3.8) is 0 Å². The third-order valence-corrected chi connectivity index (χ3v) is 7.38. The Labute approximate surface area is 161 Å². The molecule has 1 aliphatic carbocycles. The number of halogens is 1. The Bertz CT molecular complexity index is 655. The number of benzene rings is 1. The molecule has 0 atom stereocenters. The molecule has 5 heteroatoms. The molecule has 0 aromatic heterocycles. The van der Waals surface area contributed by atoms with Gasteiger partial charge in [0.15, 0.2) is 0 Å². The van der Waals surface area contributed by atoms with Gasteiger partial charge < -0.3 is 10.6 Å². The molecule has 4 nitrogen and oxygen atoms in total. The molecule has 1 amide bonds. The average molecular weight is 376 g/mol. The number of likely N-dealkylation sites (tertiary alicyclic amines) is 2. The van der Waals surface area contributed by atoms with Gasteiger partial charge in [0.05, 0.1) is 10.6 Å². The predicted molar refractivity (Wildman–Crippen MR) is 105 cm³/mol. The number of amides is 1. The summed E-state index contributed by atoms with van der Waals surface area (Å²) >= 11 is 6.19. The van der Waals surface area contributed by atoms with E-state index in [1.54, 1.807) is 6.07 Å². The van der Waals surface area contributed by atoms with Crippen molar-refractivity contribution < 1.29 is 4.79 Å². The minimum Gasteiger partial charge on any atom is -0.366 e. The van der Waals surface area contributed by atoms with E-state index in [9.17, 15) is 4.79 Å². The van der Waals surface area contributed by atoms with Crippen molar-refractivity contribution in [3.05, 3.63) is 34.3 Å². The fourth-order valence-electron chi connectivity index (χ4n) is 4.92. The van der Waals surface area contributed by atoms with Crippen LogP contribution in [-0.4, -0.2) is 47.9 Å². The van der Waals surface area contributed by atoms with Crippen LogP contribution < -0.4 is 5.73 Å². The molecule has 3 aliphatic rings. The van der Waals surface area contributed by atoms with E-state index in [-0.39, 0.29) is 0 Å². The van der Waals surface area contributed by atoms with Gasteiger partial charge >= 0.3 is 0 Å². The van der Waals surface area contributed by atoms with E-state index in [1.807, 2.05) is 12.1 Å². The van der Waals surface area contributed by atoms with E-state index in [1.165, 1.54) is 71.1 Å². The monoisotopic (exact) mass is 375 g/mol. The van der Waals surface area contributed by atoms with E-state index in [0.29, 0.717) is 16.0 Å². The zero-order valence-corrected chi connectivity index (χ0v) is 16.3. The zero-order valence-electron chi connectivity index (χ0n) is 15.6. The zero-order chi connectivity index (χ0) is 18.1. The quantitative estimate of drug-likeness (QED) is 0.873. The predicted octanol–water partition coefficient (Wildman–Crippen LogP) is 3.67. The molecule has 1 aromatic carbocycles. The summed E-state index contributed by atoms with van der Waals surface area (Å²) in [5, 5.41) is 0.465. The number of nitrogens with two attached hydrogens (primary N) is 1. The summed E-state index contributed by atoms with van der Waals surface area (Å²) in [6, 6.07) is 6.53. The summed E-state index contributed by atoms with van der Waals surface area (Å²) in [7, 11) is 0. The van der Waals surface area contributed by atoms with Crippen molar-refractivity contribution in [2.75, 3.05) is 26.2 Å². The maximum atomic E-state index is 11.3. The number of piperidine rings is 2. The van der Waals surface area contributed by atoms with Crippen molar-refractivity contribution in [1.29, 1.82) is 0 Å². The lowest BCUT2D eigenvalue weighted by atomic mass is 9.70. The van der Waals surface area contributed by atoms with E-state index in [0.717, 1.165) is 18.2 Å². The molecule has 4 rings (SSSR count). The van der Waals surface area contributed by atoms with E-state index in [4.69, 9.17) is 17.3 Å². The van der Waals surface area contributed by atoms with Gasteiger partial charge in [-0.2, -0.15) is 0 Å². The average Bonchev–Trinajstić information content (AvgIpc) is 2.57. The van der Waals surface area contributed by atoms with Crippen LogP contribution in [0.3, 0.4) is 0 Å². The van der Waals surface area contributed by atoms with Crippen LogP contribution in [0.5, 0.6) is 0 Å². The molecule has 2 saturated heterocycles. The Kier molecular flexibility index (Phi) is 5.27. The van der Waals surface area contributed by atoms with Gasteiger partial charge in [0.1, 0.15) is 0 Å². The molecule has 0 radical (unpaired) electrons. The third kappa shape index (κ3) is 3.78. The fraction of sp³-hybridized carbons (Fsp3) is 0.667. The van der Waals surface area contributed by atoms with Crippen LogP contribution in [0.1, 0.15) is 60.9 Å². The van der Waals surface area contributed by atoms with Crippen LogP contribution in [0.15, 0.2) is 18.2 Å². The van der Waals surface area contributed by atoms with E-state index in [2.05, 4.69) is 9.80 Å². The van der Waals surface area contributed by atoms with Gasteiger partial charge in [-0.05, 0) is 87.8 Å². The molecule has 2 aliphatic heterocycles. The van der Waals surface area contributed by atoms with E-state index < -0.39 is 5.91 Å². The van der Waals surface area contributed by atoms with Crippen molar-refractivity contribution in [2.45, 2.75) is 57.5 Å². The van der Waals surface area contributed by atoms with Crippen molar-refractivity contribution >= 4 is 17.5 Å². The van der Waals surface area contributed by atoms with Crippen molar-refractivity contribution in [1.82, 2.24) is 9.80 Å². The Morgan fingerprint density at radius 3 is 2.31 bits per heavy atom. The lowest BCUT2D eigenvalue weighted by molar-refractivity contribution is 0.00364. The molecule has 1 spiro atoms. The first-order chi connectivity index (χ1) is 12.5. The Hall–Kier alpha value is -1.10. The Morgan fingerprint density at radius 2 is 1.77 bits per heavy atom. The first-order valence-electron chi connectivity index (χ1n) is 10.1. The number of carbonyl (C=O) groups is 1. The second-order valence-corrected chi connectivity index (χ2v) is 8.98. The highest BCUT2D eigenvalue weighted by Gasteiger charge is 2.39. The maximum absolute atomic E-state index is 11.3. The molecule has 1 saturated carbocycles. The van der Waals surface area contributed by atoms with Crippen LogP contribution in [0, 0.1) is 5.41 Å².